The van der Waals surface area contributed by atoms with Gasteiger partial charge in [-0.3, -0.25) is 0 Å². The molecule has 0 unspecified atom stereocenters. The van der Waals surface area contributed by atoms with Gasteiger partial charge in [-0.2, -0.15) is 0 Å². The van der Waals surface area contributed by atoms with E-state index in [9.17, 15) is 0 Å². The second-order valence-corrected chi connectivity index (χ2v) is 3.77. The number of para-hydroxylation sites is 2. The highest BCUT2D eigenvalue weighted by atomic mass is 35.5. The molecule has 5 heteroatoms. The maximum Gasteiger partial charge on any atom is 0.203 e. The predicted molar refractivity (Wildman–Crippen MR) is 72.0 cm³/mol. The van der Waals surface area contributed by atoms with Gasteiger partial charge in [0.1, 0.15) is 0 Å². The highest BCUT2D eigenvalue weighted by molar-refractivity contribution is 5.85. The fourth-order valence-corrected chi connectivity index (χ4v) is 2.02. The van der Waals surface area contributed by atoms with Gasteiger partial charge in [-0.15, -0.1) is 24.8 Å². The minimum absolute atomic E-state index is 0. The van der Waals surface area contributed by atoms with E-state index in [4.69, 9.17) is 0 Å². The van der Waals surface area contributed by atoms with E-state index < -0.39 is 0 Å². The summed E-state index contributed by atoms with van der Waals surface area (Å²) < 4.78 is 0. The number of rotatable bonds is 1. The summed E-state index contributed by atoms with van der Waals surface area (Å²) in [6.45, 7) is 2.28. The van der Waals surface area contributed by atoms with Gasteiger partial charge in [0.15, 0.2) is 0 Å². The van der Waals surface area contributed by atoms with E-state index in [-0.39, 0.29) is 24.8 Å². The summed E-state index contributed by atoms with van der Waals surface area (Å²) in [5.74, 6) is 1.03. The summed E-state index contributed by atoms with van der Waals surface area (Å²) in [5.41, 5.74) is 2.20. The highest BCUT2D eigenvalue weighted by Gasteiger charge is 2.15. The van der Waals surface area contributed by atoms with Crippen LogP contribution >= 0.6 is 24.8 Å². The number of aromatic nitrogens is 2. The third kappa shape index (κ3) is 2.25. The van der Waals surface area contributed by atoms with Crippen molar-refractivity contribution in [3.8, 4) is 0 Å². The molecule has 1 aromatic heterocycles. The normalized spacial score (nSPS) is 14.6. The maximum atomic E-state index is 4.57. The molecule has 0 bridgehead atoms. The van der Waals surface area contributed by atoms with Gasteiger partial charge in [-0.1, -0.05) is 12.1 Å². The Bertz CT molecular complexity index is 416. The van der Waals surface area contributed by atoms with E-state index in [2.05, 4.69) is 20.9 Å². The minimum atomic E-state index is 0. The topological polar surface area (TPSA) is 31.9 Å². The number of nitrogens with zero attached hydrogens (tertiary/aromatic N) is 2. The van der Waals surface area contributed by atoms with Crippen LogP contribution in [0.25, 0.3) is 11.0 Å². The van der Waals surface area contributed by atoms with Gasteiger partial charge in [0.2, 0.25) is 5.95 Å². The molecule has 16 heavy (non-hydrogen) atoms. The smallest absolute Gasteiger partial charge is 0.203 e. The van der Waals surface area contributed by atoms with Crippen molar-refractivity contribution in [1.29, 1.82) is 0 Å². The molecule has 0 spiro atoms. The molecule has 0 saturated carbocycles. The quantitative estimate of drug-likeness (QED) is 0.854. The van der Waals surface area contributed by atoms with Crippen molar-refractivity contribution >= 4 is 41.8 Å². The van der Waals surface area contributed by atoms with Gasteiger partial charge in [0, 0.05) is 13.1 Å². The molecule has 2 heterocycles. The van der Waals surface area contributed by atoms with Gasteiger partial charge in [-0.05, 0) is 25.0 Å². The number of hydrogen-bond acceptors (Lipinski definition) is 2. The largest absolute Gasteiger partial charge is 0.342 e. The van der Waals surface area contributed by atoms with Crippen molar-refractivity contribution in [2.45, 2.75) is 12.8 Å². The summed E-state index contributed by atoms with van der Waals surface area (Å²) >= 11 is 0. The highest BCUT2D eigenvalue weighted by Crippen LogP contribution is 2.20. The zero-order valence-corrected chi connectivity index (χ0v) is 10.5. The summed E-state index contributed by atoms with van der Waals surface area (Å²) in [6.07, 6.45) is 2.58. The molecule has 1 fully saturated rings. The van der Waals surface area contributed by atoms with Crippen LogP contribution in [0.5, 0.6) is 0 Å². The molecule has 1 aliphatic rings. The van der Waals surface area contributed by atoms with Crippen LogP contribution in [0.2, 0.25) is 0 Å². The van der Waals surface area contributed by atoms with E-state index in [1.807, 2.05) is 18.2 Å². The Balaban J connectivity index is 0.000000640. The minimum Gasteiger partial charge on any atom is -0.342 e. The Hall–Kier alpha value is -0.930. The number of H-pyrrole nitrogens is 1. The fraction of sp³-hybridized carbons (Fsp3) is 0.364. The summed E-state index contributed by atoms with van der Waals surface area (Å²) in [6, 6.07) is 8.18. The second-order valence-electron chi connectivity index (χ2n) is 3.77. The Morgan fingerprint density at radius 3 is 2.44 bits per heavy atom. The molecular weight excluding hydrogens is 245 g/mol. The summed E-state index contributed by atoms with van der Waals surface area (Å²) in [5, 5.41) is 0. The average Bonchev–Trinajstić information content (AvgIpc) is 2.86. The number of fused-ring (bicyclic) bond motifs is 1. The molecule has 3 rings (SSSR count). The van der Waals surface area contributed by atoms with Gasteiger partial charge < -0.3 is 9.88 Å². The molecule has 1 aromatic carbocycles. The third-order valence-electron chi connectivity index (χ3n) is 2.78. The van der Waals surface area contributed by atoms with Gasteiger partial charge in [-0.25, -0.2) is 4.98 Å². The van der Waals surface area contributed by atoms with Crippen molar-refractivity contribution in [1.82, 2.24) is 9.97 Å². The molecule has 3 nitrogen and oxygen atoms in total. The monoisotopic (exact) mass is 259 g/mol. The maximum absolute atomic E-state index is 4.57. The number of nitrogens with one attached hydrogen (secondary N) is 1. The molecule has 0 aliphatic carbocycles. The molecule has 0 amide bonds. The van der Waals surface area contributed by atoms with Gasteiger partial charge >= 0.3 is 0 Å². The zero-order valence-electron chi connectivity index (χ0n) is 8.85. The lowest BCUT2D eigenvalue weighted by molar-refractivity contribution is 0.922. The number of anilines is 1. The Morgan fingerprint density at radius 2 is 1.75 bits per heavy atom. The van der Waals surface area contributed by atoms with Gasteiger partial charge in [0.25, 0.3) is 0 Å². The summed E-state index contributed by atoms with van der Waals surface area (Å²) in [4.78, 5) is 10.2. The lowest BCUT2D eigenvalue weighted by atomic mass is 10.3. The standard InChI is InChI=1S/C11H13N3.2ClH/c1-2-6-10-9(5-1)12-11(13-10)14-7-3-4-8-14;;/h1-2,5-6H,3-4,7-8H2,(H,12,13);2*1H. The fourth-order valence-electron chi connectivity index (χ4n) is 2.02. The molecule has 88 valence electrons. The number of halogens is 2. The summed E-state index contributed by atoms with van der Waals surface area (Å²) in [7, 11) is 0. The molecule has 0 atom stereocenters. The lowest BCUT2D eigenvalue weighted by Gasteiger charge is -2.12. The van der Waals surface area contributed by atoms with E-state index >= 15 is 0 Å². The van der Waals surface area contributed by atoms with Crippen molar-refractivity contribution in [2.24, 2.45) is 0 Å². The number of hydrogen-bond donors (Lipinski definition) is 1. The third-order valence-corrected chi connectivity index (χ3v) is 2.78. The molecular formula is C11H15Cl2N3. The van der Waals surface area contributed by atoms with Crippen molar-refractivity contribution in [3.05, 3.63) is 24.3 Å². The first-order chi connectivity index (χ1) is 6.93. The van der Waals surface area contributed by atoms with Crippen molar-refractivity contribution in [2.75, 3.05) is 18.0 Å². The van der Waals surface area contributed by atoms with Gasteiger partial charge in [0.05, 0.1) is 11.0 Å². The Kier molecular flexibility index (Phi) is 4.44. The number of imidazole rings is 1. The Labute approximate surface area is 107 Å². The lowest BCUT2D eigenvalue weighted by Crippen LogP contribution is -2.18. The first-order valence-electron chi connectivity index (χ1n) is 5.13. The zero-order chi connectivity index (χ0) is 9.38. The van der Waals surface area contributed by atoms with Crippen LogP contribution in [0.3, 0.4) is 0 Å². The SMILES string of the molecule is Cl.Cl.c1ccc2[nH]c(N3CCCC3)nc2c1. The van der Waals surface area contributed by atoms with Crippen LogP contribution in [-0.4, -0.2) is 23.1 Å². The van der Waals surface area contributed by atoms with Crippen molar-refractivity contribution < 1.29 is 0 Å². The molecule has 1 N–H and O–H groups in total. The van der Waals surface area contributed by atoms with Crippen LogP contribution in [0, 0.1) is 0 Å². The molecule has 0 radical (unpaired) electrons. The van der Waals surface area contributed by atoms with Crippen LogP contribution in [0.4, 0.5) is 5.95 Å². The van der Waals surface area contributed by atoms with E-state index in [0.717, 1.165) is 30.1 Å². The van der Waals surface area contributed by atoms with Crippen molar-refractivity contribution in [3.63, 3.8) is 0 Å². The van der Waals surface area contributed by atoms with Crippen LogP contribution < -0.4 is 4.90 Å². The van der Waals surface area contributed by atoms with E-state index in [1.165, 1.54) is 12.8 Å². The Morgan fingerprint density at radius 1 is 1.06 bits per heavy atom. The van der Waals surface area contributed by atoms with Crippen LogP contribution in [-0.2, 0) is 0 Å². The molecule has 1 aliphatic heterocycles. The number of aromatic amines is 1. The molecule has 2 aromatic rings. The molecule has 1 saturated heterocycles. The van der Waals surface area contributed by atoms with Crippen LogP contribution in [0.15, 0.2) is 24.3 Å². The van der Waals surface area contributed by atoms with E-state index in [0.29, 0.717) is 0 Å². The number of benzene rings is 1. The second kappa shape index (κ2) is 5.41. The van der Waals surface area contributed by atoms with E-state index in [1.54, 1.807) is 0 Å². The first kappa shape index (κ1) is 13.1. The predicted octanol–water partition coefficient (Wildman–Crippen LogP) is 3.01. The van der Waals surface area contributed by atoms with Crippen LogP contribution in [0.1, 0.15) is 12.8 Å². The average molecular weight is 260 g/mol. The first-order valence-corrected chi connectivity index (χ1v) is 5.13.